The van der Waals surface area contributed by atoms with E-state index >= 15 is 0 Å². The molecule has 2 N–H and O–H groups in total. The maximum atomic E-state index is 12.9. The van der Waals surface area contributed by atoms with Gasteiger partial charge in [-0.05, 0) is 17.6 Å². The topological polar surface area (TPSA) is 83.8 Å². The summed E-state index contributed by atoms with van der Waals surface area (Å²) in [5.41, 5.74) is 1.12. The summed E-state index contributed by atoms with van der Waals surface area (Å²) in [5, 5.41) is 20.5. The first-order valence-corrected chi connectivity index (χ1v) is 8.02. The number of benzene rings is 3. The minimum Gasteiger partial charge on any atom is -0.529 e. The molecule has 0 radical (unpaired) electrons. The molecule has 26 heavy (non-hydrogen) atoms. The third kappa shape index (κ3) is 2.48. The third-order valence-corrected chi connectivity index (χ3v) is 4.34. The Labute approximate surface area is 149 Å². The van der Waals surface area contributed by atoms with Crippen LogP contribution in [0, 0.1) is 0 Å². The van der Waals surface area contributed by atoms with Crippen LogP contribution in [0.25, 0.3) is 0 Å². The molecule has 1 aliphatic carbocycles. The van der Waals surface area contributed by atoms with Gasteiger partial charge in [0.1, 0.15) is 0 Å². The Kier molecular flexibility index (Phi) is 3.82. The zero-order valence-electron chi connectivity index (χ0n) is 13.5. The largest absolute Gasteiger partial charge is 0.560 e. The zero-order chi connectivity index (χ0) is 18.3. The van der Waals surface area contributed by atoms with Crippen LogP contribution in [0.5, 0.6) is 11.5 Å². The first-order valence-electron chi connectivity index (χ1n) is 8.02. The molecule has 0 aromatic heterocycles. The molecule has 4 rings (SSSR count). The molecule has 6 heteroatoms. The van der Waals surface area contributed by atoms with E-state index in [1.165, 1.54) is 12.1 Å². The van der Waals surface area contributed by atoms with Gasteiger partial charge in [-0.1, -0.05) is 54.6 Å². The smallest absolute Gasteiger partial charge is 0.529 e. The zero-order valence-corrected chi connectivity index (χ0v) is 13.5. The van der Waals surface area contributed by atoms with E-state index in [-0.39, 0.29) is 34.0 Å². The molecule has 5 nitrogen and oxygen atoms in total. The standard InChI is InChI=1S/C20H13BO5/c22-16-11-10-15-17(19(24)14-9-5-4-8-13(14)18(15)23)20(16)26-21(25)12-6-2-1-3-7-12/h1-11,22,25H. The summed E-state index contributed by atoms with van der Waals surface area (Å²) in [7, 11) is -1.39. The molecule has 0 amide bonds. The van der Waals surface area contributed by atoms with Crippen molar-refractivity contribution < 1.29 is 24.4 Å². The third-order valence-electron chi connectivity index (χ3n) is 4.34. The molecule has 0 saturated carbocycles. The van der Waals surface area contributed by atoms with Crippen LogP contribution in [0.1, 0.15) is 31.8 Å². The summed E-state index contributed by atoms with van der Waals surface area (Å²) in [6, 6.07) is 17.7. The highest BCUT2D eigenvalue weighted by atomic mass is 16.5. The lowest BCUT2D eigenvalue weighted by atomic mass is 9.78. The highest BCUT2D eigenvalue weighted by Gasteiger charge is 2.35. The van der Waals surface area contributed by atoms with Gasteiger partial charge in [0, 0.05) is 16.7 Å². The molecule has 0 fully saturated rings. The van der Waals surface area contributed by atoms with Gasteiger partial charge in [0.05, 0.1) is 5.56 Å². The van der Waals surface area contributed by atoms with Crippen molar-refractivity contribution in [1.29, 1.82) is 0 Å². The Morgan fingerprint density at radius 2 is 1.35 bits per heavy atom. The summed E-state index contributed by atoms with van der Waals surface area (Å²) in [6.45, 7) is 0. The van der Waals surface area contributed by atoms with Gasteiger partial charge < -0.3 is 14.8 Å². The molecule has 0 spiro atoms. The van der Waals surface area contributed by atoms with Crippen molar-refractivity contribution in [2.45, 2.75) is 0 Å². The molecule has 0 heterocycles. The molecular weight excluding hydrogens is 331 g/mol. The van der Waals surface area contributed by atoms with Gasteiger partial charge in [0.2, 0.25) is 0 Å². The second-order valence-corrected chi connectivity index (χ2v) is 5.92. The summed E-state index contributed by atoms with van der Waals surface area (Å²) in [5.74, 6) is -1.28. The van der Waals surface area contributed by atoms with Crippen LogP contribution >= 0.6 is 0 Å². The van der Waals surface area contributed by atoms with Crippen LogP contribution in [0.15, 0.2) is 66.7 Å². The molecule has 1 aliphatic rings. The van der Waals surface area contributed by atoms with Gasteiger partial charge in [-0.2, -0.15) is 0 Å². The molecule has 0 atom stereocenters. The fraction of sp³-hybridized carbons (Fsp3) is 0. The molecule has 0 saturated heterocycles. The summed E-state index contributed by atoms with van der Waals surface area (Å²) in [4.78, 5) is 25.6. The van der Waals surface area contributed by atoms with E-state index in [9.17, 15) is 19.7 Å². The van der Waals surface area contributed by atoms with E-state index in [2.05, 4.69) is 0 Å². The van der Waals surface area contributed by atoms with Crippen molar-refractivity contribution in [3.05, 3.63) is 89.0 Å². The van der Waals surface area contributed by atoms with Crippen molar-refractivity contribution in [3.63, 3.8) is 0 Å². The van der Waals surface area contributed by atoms with E-state index in [0.717, 1.165) is 0 Å². The number of rotatable bonds is 3. The Bertz CT molecular complexity index is 1030. The van der Waals surface area contributed by atoms with Gasteiger partial charge in [-0.25, -0.2) is 0 Å². The van der Waals surface area contributed by atoms with Gasteiger partial charge >= 0.3 is 7.12 Å². The number of carbonyl (C=O) groups excluding carboxylic acids is 2. The minimum atomic E-state index is -1.39. The normalized spacial score (nSPS) is 12.3. The van der Waals surface area contributed by atoms with Crippen LogP contribution < -0.4 is 10.1 Å². The van der Waals surface area contributed by atoms with Crippen LogP contribution in [0.3, 0.4) is 0 Å². The van der Waals surface area contributed by atoms with Gasteiger partial charge in [0.25, 0.3) is 0 Å². The fourth-order valence-corrected chi connectivity index (χ4v) is 3.06. The average molecular weight is 344 g/mol. The Balaban J connectivity index is 1.83. The summed E-state index contributed by atoms with van der Waals surface area (Å²) in [6.07, 6.45) is 0. The molecule has 3 aromatic rings. The number of carbonyl (C=O) groups is 2. The Morgan fingerprint density at radius 1 is 0.731 bits per heavy atom. The fourth-order valence-electron chi connectivity index (χ4n) is 3.06. The number of fused-ring (bicyclic) bond motifs is 2. The maximum Gasteiger partial charge on any atom is 0.560 e. The lowest BCUT2D eigenvalue weighted by Crippen LogP contribution is -2.37. The second-order valence-electron chi connectivity index (χ2n) is 5.92. The highest BCUT2D eigenvalue weighted by Crippen LogP contribution is 2.39. The molecule has 126 valence electrons. The molecule has 0 unspecified atom stereocenters. The van der Waals surface area contributed by atoms with Crippen molar-refractivity contribution >= 4 is 24.1 Å². The van der Waals surface area contributed by atoms with Crippen molar-refractivity contribution in [3.8, 4) is 11.5 Å². The molecular formula is C20H13BO5. The number of hydrogen-bond acceptors (Lipinski definition) is 5. The lowest BCUT2D eigenvalue weighted by molar-refractivity contribution is 0.0977. The maximum absolute atomic E-state index is 12.9. The highest BCUT2D eigenvalue weighted by molar-refractivity contribution is 6.60. The number of phenols is 1. The van der Waals surface area contributed by atoms with Crippen LogP contribution in [0.4, 0.5) is 0 Å². The summed E-state index contributed by atoms with van der Waals surface area (Å²) < 4.78 is 5.50. The number of aromatic hydroxyl groups is 1. The molecule has 3 aromatic carbocycles. The van der Waals surface area contributed by atoms with E-state index in [4.69, 9.17) is 4.65 Å². The van der Waals surface area contributed by atoms with E-state index in [1.54, 1.807) is 54.6 Å². The quantitative estimate of drug-likeness (QED) is 0.555. The van der Waals surface area contributed by atoms with Crippen LogP contribution in [-0.4, -0.2) is 28.8 Å². The van der Waals surface area contributed by atoms with Crippen molar-refractivity contribution in [2.75, 3.05) is 0 Å². The number of phenolic OH excluding ortho intramolecular Hbond substituents is 1. The SMILES string of the molecule is O=C1c2ccccc2C(=O)c2c1ccc(O)c2OB(O)c1ccccc1. The van der Waals surface area contributed by atoms with Crippen LogP contribution in [-0.2, 0) is 0 Å². The van der Waals surface area contributed by atoms with E-state index in [0.29, 0.717) is 11.0 Å². The average Bonchev–Trinajstić information content (AvgIpc) is 2.68. The van der Waals surface area contributed by atoms with Crippen molar-refractivity contribution in [1.82, 2.24) is 0 Å². The first-order chi connectivity index (χ1) is 12.6. The first kappa shape index (κ1) is 16.1. The monoisotopic (exact) mass is 344 g/mol. The van der Waals surface area contributed by atoms with Crippen molar-refractivity contribution in [2.24, 2.45) is 0 Å². The lowest BCUT2D eigenvalue weighted by Gasteiger charge is -2.22. The predicted molar refractivity (Wildman–Crippen MR) is 96.1 cm³/mol. The minimum absolute atomic E-state index is 0.0383. The Hall–Kier alpha value is -3.38. The van der Waals surface area contributed by atoms with E-state index < -0.39 is 12.9 Å². The number of ketones is 2. The summed E-state index contributed by atoms with van der Waals surface area (Å²) >= 11 is 0. The van der Waals surface area contributed by atoms with Gasteiger partial charge in [-0.15, -0.1) is 0 Å². The van der Waals surface area contributed by atoms with Gasteiger partial charge in [-0.3, -0.25) is 9.59 Å². The van der Waals surface area contributed by atoms with Crippen LogP contribution in [0.2, 0.25) is 0 Å². The Morgan fingerprint density at radius 3 is 2.04 bits per heavy atom. The van der Waals surface area contributed by atoms with Gasteiger partial charge in [0.15, 0.2) is 23.1 Å². The molecule has 0 bridgehead atoms. The predicted octanol–water partition coefficient (Wildman–Crippen LogP) is 1.93. The molecule has 0 aliphatic heterocycles. The second kappa shape index (κ2) is 6.17. The number of hydrogen-bond donors (Lipinski definition) is 2. The van der Waals surface area contributed by atoms with E-state index in [1.807, 2.05) is 0 Å².